The van der Waals surface area contributed by atoms with E-state index in [4.69, 9.17) is 4.74 Å². The third kappa shape index (κ3) is 7.71. The number of urea groups is 1. The molecule has 0 radical (unpaired) electrons. The van der Waals surface area contributed by atoms with Gasteiger partial charge in [0, 0.05) is 12.2 Å². The summed E-state index contributed by atoms with van der Waals surface area (Å²) < 4.78 is 19.2. The fourth-order valence-electron chi connectivity index (χ4n) is 2.72. The summed E-state index contributed by atoms with van der Waals surface area (Å²) in [7, 11) is 3.84. The van der Waals surface area contributed by atoms with Gasteiger partial charge in [-0.1, -0.05) is 30.3 Å². The van der Waals surface area contributed by atoms with Gasteiger partial charge < -0.3 is 20.3 Å². The van der Waals surface area contributed by atoms with Crippen molar-refractivity contribution in [2.45, 2.75) is 32.4 Å². The maximum absolute atomic E-state index is 14.1. The Hall–Kier alpha value is -3.13. The fourth-order valence-corrected chi connectivity index (χ4v) is 2.72. The normalized spacial score (nSPS) is 12.2. The number of carbonyl (C=O) groups is 2. The third-order valence-electron chi connectivity index (χ3n) is 3.91. The predicted octanol–water partition coefficient (Wildman–Crippen LogP) is 4.60. The Morgan fingerprint density at radius 2 is 1.73 bits per heavy atom. The minimum absolute atomic E-state index is 0.0880. The zero-order valence-corrected chi connectivity index (χ0v) is 18.0. The molecular weight excluding hydrogens is 387 g/mol. The zero-order valence-electron chi connectivity index (χ0n) is 18.0. The molecule has 0 bridgehead atoms. The van der Waals surface area contributed by atoms with Gasteiger partial charge >= 0.3 is 12.1 Å². The molecule has 0 saturated carbocycles. The van der Waals surface area contributed by atoms with E-state index < -0.39 is 23.5 Å². The standard InChI is InChI=1S/C22H29FN4O3/c1-22(2,3)30-21(29)26-18-13-16(11-12-17(18)23)24-20(28)25-19(14-27(4)5)15-9-7-6-8-10-15/h6-13,19H,14H2,1-5H3,(H,26,29)(H2,24,25,28). The number of likely N-dealkylation sites (N-methyl/N-ethyl adjacent to an activating group) is 1. The number of nitrogens with one attached hydrogen (secondary N) is 3. The summed E-state index contributed by atoms with van der Waals surface area (Å²) in [4.78, 5) is 26.4. The van der Waals surface area contributed by atoms with Crippen molar-refractivity contribution in [3.05, 3.63) is 59.9 Å². The summed E-state index contributed by atoms with van der Waals surface area (Å²) in [6.07, 6.45) is -0.780. The van der Waals surface area contributed by atoms with E-state index in [1.807, 2.05) is 49.3 Å². The van der Waals surface area contributed by atoms with Gasteiger partial charge in [0.15, 0.2) is 0 Å². The summed E-state index contributed by atoms with van der Waals surface area (Å²) >= 11 is 0. The van der Waals surface area contributed by atoms with Crippen LogP contribution in [0.2, 0.25) is 0 Å². The van der Waals surface area contributed by atoms with Crippen LogP contribution in [0.4, 0.5) is 25.4 Å². The Balaban J connectivity index is 2.07. The van der Waals surface area contributed by atoms with E-state index in [1.54, 1.807) is 20.8 Å². The van der Waals surface area contributed by atoms with E-state index in [2.05, 4.69) is 16.0 Å². The summed E-state index contributed by atoms with van der Waals surface area (Å²) in [5, 5.41) is 7.96. The molecule has 0 aliphatic carbocycles. The van der Waals surface area contributed by atoms with Crippen molar-refractivity contribution in [2.24, 2.45) is 0 Å². The summed E-state index contributed by atoms with van der Waals surface area (Å²) in [5.74, 6) is -0.637. The topological polar surface area (TPSA) is 82.7 Å². The second-order valence-corrected chi connectivity index (χ2v) is 8.15. The number of hydrogen-bond donors (Lipinski definition) is 3. The average molecular weight is 416 g/mol. The number of hydrogen-bond acceptors (Lipinski definition) is 4. The van der Waals surface area contributed by atoms with Gasteiger partial charge in [0.05, 0.1) is 11.7 Å². The molecular formula is C22H29FN4O3. The van der Waals surface area contributed by atoms with Crippen LogP contribution in [-0.2, 0) is 4.74 Å². The third-order valence-corrected chi connectivity index (χ3v) is 3.91. The Morgan fingerprint density at radius 1 is 1.07 bits per heavy atom. The van der Waals surface area contributed by atoms with Crippen LogP contribution in [0.15, 0.2) is 48.5 Å². The van der Waals surface area contributed by atoms with Gasteiger partial charge in [-0.2, -0.15) is 0 Å². The first kappa shape index (κ1) is 23.2. The van der Waals surface area contributed by atoms with Gasteiger partial charge in [-0.15, -0.1) is 0 Å². The van der Waals surface area contributed by atoms with Crippen LogP contribution in [-0.4, -0.2) is 43.3 Å². The van der Waals surface area contributed by atoms with Crippen molar-refractivity contribution in [3.8, 4) is 0 Å². The number of nitrogens with zero attached hydrogens (tertiary/aromatic N) is 1. The van der Waals surface area contributed by atoms with Gasteiger partial charge in [-0.3, -0.25) is 5.32 Å². The lowest BCUT2D eigenvalue weighted by Crippen LogP contribution is -2.37. The molecule has 0 aliphatic rings. The number of anilines is 2. The molecule has 1 unspecified atom stereocenters. The lowest BCUT2D eigenvalue weighted by atomic mass is 10.1. The molecule has 0 aromatic heterocycles. The predicted molar refractivity (Wildman–Crippen MR) is 116 cm³/mol. The second-order valence-electron chi connectivity index (χ2n) is 8.15. The molecule has 1 atom stereocenters. The number of amides is 3. The molecule has 2 aromatic rings. The van der Waals surface area contributed by atoms with Crippen molar-refractivity contribution < 1.29 is 18.7 Å². The largest absolute Gasteiger partial charge is 0.444 e. The van der Waals surface area contributed by atoms with E-state index in [1.165, 1.54) is 12.1 Å². The SMILES string of the molecule is CN(C)CC(NC(=O)Nc1ccc(F)c(NC(=O)OC(C)(C)C)c1)c1ccccc1. The molecule has 162 valence electrons. The Labute approximate surface area is 176 Å². The van der Waals surface area contributed by atoms with Crippen molar-refractivity contribution >= 4 is 23.5 Å². The lowest BCUT2D eigenvalue weighted by Gasteiger charge is -2.23. The monoisotopic (exact) mass is 416 g/mol. The van der Waals surface area contributed by atoms with Crippen LogP contribution < -0.4 is 16.0 Å². The maximum Gasteiger partial charge on any atom is 0.412 e. The van der Waals surface area contributed by atoms with Crippen molar-refractivity contribution in [1.29, 1.82) is 0 Å². The molecule has 0 spiro atoms. The first-order chi connectivity index (χ1) is 14.0. The van der Waals surface area contributed by atoms with Crippen LogP contribution in [0, 0.1) is 5.82 Å². The highest BCUT2D eigenvalue weighted by atomic mass is 19.1. The van der Waals surface area contributed by atoms with E-state index in [9.17, 15) is 14.0 Å². The van der Waals surface area contributed by atoms with Gasteiger partial charge in [-0.05, 0) is 58.6 Å². The molecule has 0 aliphatic heterocycles. The first-order valence-corrected chi connectivity index (χ1v) is 9.60. The highest BCUT2D eigenvalue weighted by molar-refractivity contribution is 5.91. The summed E-state index contributed by atoms with van der Waals surface area (Å²) in [6.45, 7) is 5.73. The van der Waals surface area contributed by atoms with Crippen LogP contribution in [0.25, 0.3) is 0 Å². The number of ether oxygens (including phenoxy) is 1. The molecule has 0 heterocycles. The Morgan fingerprint density at radius 3 is 2.33 bits per heavy atom. The van der Waals surface area contributed by atoms with Gasteiger partial charge in [0.2, 0.25) is 0 Å². The van der Waals surface area contributed by atoms with Gasteiger partial charge in [0.25, 0.3) is 0 Å². The average Bonchev–Trinajstić information content (AvgIpc) is 2.62. The van der Waals surface area contributed by atoms with Crippen LogP contribution in [0.3, 0.4) is 0 Å². The number of benzene rings is 2. The maximum atomic E-state index is 14.1. The molecule has 2 rings (SSSR count). The Kier molecular flexibility index (Phi) is 7.77. The lowest BCUT2D eigenvalue weighted by molar-refractivity contribution is 0.0635. The number of carbonyl (C=O) groups excluding carboxylic acids is 2. The smallest absolute Gasteiger partial charge is 0.412 e. The first-order valence-electron chi connectivity index (χ1n) is 9.60. The fraction of sp³-hybridized carbons (Fsp3) is 0.364. The highest BCUT2D eigenvalue weighted by Crippen LogP contribution is 2.21. The summed E-state index contributed by atoms with van der Waals surface area (Å²) in [5.41, 5.74) is 0.495. The van der Waals surface area contributed by atoms with E-state index in [0.717, 1.165) is 11.6 Å². The van der Waals surface area contributed by atoms with E-state index in [-0.39, 0.29) is 11.7 Å². The Bertz CT molecular complexity index is 866. The van der Waals surface area contributed by atoms with Crippen LogP contribution in [0.5, 0.6) is 0 Å². The minimum Gasteiger partial charge on any atom is -0.444 e. The van der Waals surface area contributed by atoms with Crippen molar-refractivity contribution in [2.75, 3.05) is 31.3 Å². The minimum atomic E-state index is -0.780. The zero-order chi connectivity index (χ0) is 22.3. The van der Waals surface area contributed by atoms with Crippen LogP contribution in [0.1, 0.15) is 32.4 Å². The van der Waals surface area contributed by atoms with E-state index >= 15 is 0 Å². The van der Waals surface area contributed by atoms with Crippen LogP contribution >= 0.6 is 0 Å². The molecule has 3 N–H and O–H groups in total. The quantitative estimate of drug-likeness (QED) is 0.643. The molecule has 2 aromatic carbocycles. The summed E-state index contributed by atoms with van der Waals surface area (Å²) in [6, 6.07) is 12.8. The second kappa shape index (κ2) is 10.1. The van der Waals surface area contributed by atoms with Gasteiger partial charge in [0.1, 0.15) is 11.4 Å². The number of halogens is 1. The molecule has 30 heavy (non-hydrogen) atoms. The molecule has 0 saturated heterocycles. The van der Waals surface area contributed by atoms with Gasteiger partial charge in [-0.25, -0.2) is 14.0 Å². The molecule has 0 fully saturated rings. The van der Waals surface area contributed by atoms with Crippen molar-refractivity contribution in [1.82, 2.24) is 10.2 Å². The van der Waals surface area contributed by atoms with Crippen molar-refractivity contribution in [3.63, 3.8) is 0 Å². The highest BCUT2D eigenvalue weighted by Gasteiger charge is 2.19. The molecule has 7 nitrogen and oxygen atoms in total. The molecule has 3 amide bonds. The molecule has 8 heteroatoms. The van der Waals surface area contributed by atoms with E-state index in [0.29, 0.717) is 12.2 Å². The number of rotatable bonds is 6.